The standard InChI is InChI=1S/C20H31N3O3/c1-4-21(3)19(16-9-7-6-8-10-16)20(26)23-13-11-17(12-14-23)22(5-2)15-18(24)25/h6-10,17,19H,4-5,11-15H2,1-3H3,(H,24,25). The molecule has 26 heavy (non-hydrogen) atoms. The fourth-order valence-corrected chi connectivity index (χ4v) is 3.70. The molecule has 1 aliphatic heterocycles. The lowest BCUT2D eigenvalue weighted by Gasteiger charge is -2.39. The zero-order chi connectivity index (χ0) is 19.1. The average Bonchev–Trinajstić information content (AvgIpc) is 2.66. The molecule has 1 atom stereocenters. The van der Waals surface area contributed by atoms with Crippen LogP contribution >= 0.6 is 0 Å². The van der Waals surface area contributed by atoms with Crippen molar-refractivity contribution in [2.45, 2.75) is 38.8 Å². The molecule has 2 rings (SSSR count). The predicted molar refractivity (Wildman–Crippen MR) is 102 cm³/mol. The van der Waals surface area contributed by atoms with E-state index >= 15 is 0 Å². The zero-order valence-corrected chi connectivity index (χ0v) is 16.1. The third kappa shape index (κ3) is 5.05. The van der Waals surface area contributed by atoms with Gasteiger partial charge in [0.1, 0.15) is 6.04 Å². The number of amides is 1. The van der Waals surface area contributed by atoms with Crippen LogP contribution in [0.4, 0.5) is 0 Å². The fourth-order valence-electron chi connectivity index (χ4n) is 3.70. The highest BCUT2D eigenvalue weighted by Crippen LogP contribution is 2.25. The van der Waals surface area contributed by atoms with Crippen LogP contribution in [0.25, 0.3) is 0 Å². The van der Waals surface area contributed by atoms with Crippen molar-refractivity contribution < 1.29 is 14.7 Å². The highest BCUT2D eigenvalue weighted by molar-refractivity contribution is 5.83. The van der Waals surface area contributed by atoms with Crippen LogP contribution in [-0.2, 0) is 9.59 Å². The van der Waals surface area contributed by atoms with Crippen LogP contribution in [0.3, 0.4) is 0 Å². The van der Waals surface area contributed by atoms with Crippen LogP contribution in [-0.4, -0.2) is 77.5 Å². The number of nitrogens with zero attached hydrogens (tertiary/aromatic N) is 3. The summed E-state index contributed by atoms with van der Waals surface area (Å²) in [6.45, 7) is 6.99. The molecule has 0 saturated carbocycles. The van der Waals surface area contributed by atoms with E-state index in [-0.39, 0.29) is 24.5 Å². The van der Waals surface area contributed by atoms with E-state index < -0.39 is 5.97 Å². The number of likely N-dealkylation sites (tertiary alicyclic amines) is 1. The number of hydrogen-bond donors (Lipinski definition) is 1. The van der Waals surface area contributed by atoms with Crippen molar-refractivity contribution in [3.63, 3.8) is 0 Å². The van der Waals surface area contributed by atoms with E-state index in [9.17, 15) is 9.59 Å². The van der Waals surface area contributed by atoms with E-state index in [4.69, 9.17) is 5.11 Å². The third-order valence-electron chi connectivity index (χ3n) is 5.33. The lowest BCUT2D eigenvalue weighted by molar-refractivity contribution is -0.141. The van der Waals surface area contributed by atoms with Gasteiger partial charge in [-0.25, -0.2) is 0 Å². The van der Waals surface area contributed by atoms with Crippen molar-refractivity contribution in [1.29, 1.82) is 0 Å². The molecule has 0 spiro atoms. The summed E-state index contributed by atoms with van der Waals surface area (Å²) < 4.78 is 0. The van der Waals surface area contributed by atoms with Crippen LogP contribution in [0.15, 0.2) is 30.3 Å². The van der Waals surface area contributed by atoms with E-state index in [0.717, 1.165) is 31.5 Å². The Hall–Kier alpha value is -1.92. The van der Waals surface area contributed by atoms with E-state index in [0.29, 0.717) is 13.1 Å². The van der Waals surface area contributed by atoms with Gasteiger partial charge < -0.3 is 10.0 Å². The second kappa shape index (κ2) is 9.69. The summed E-state index contributed by atoms with van der Waals surface area (Å²) in [5.74, 6) is -0.653. The van der Waals surface area contributed by atoms with Crippen molar-refractivity contribution in [3.05, 3.63) is 35.9 Å². The third-order valence-corrected chi connectivity index (χ3v) is 5.33. The minimum absolute atomic E-state index is 0.0698. The maximum Gasteiger partial charge on any atom is 0.317 e. The first kappa shape index (κ1) is 20.4. The topological polar surface area (TPSA) is 64.1 Å². The first-order valence-corrected chi connectivity index (χ1v) is 9.47. The first-order valence-electron chi connectivity index (χ1n) is 9.47. The number of carbonyl (C=O) groups is 2. The van der Waals surface area contributed by atoms with Gasteiger partial charge in [0, 0.05) is 19.1 Å². The molecule has 1 aromatic rings. The van der Waals surface area contributed by atoms with E-state index in [1.54, 1.807) is 0 Å². The number of hydrogen-bond acceptors (Lipinski definition) is 4. The summed E-state index contributed by atoms with van der Waals surface area (Å²) in [7, 11) is 1.98. The molecule has 1 amide bonds. The van der Waals surface area contributed by atoms with Crippen LogP contribution in [0.5, 0.6) is 0 Å². The van der Waals surface area contributed by atoms with Crippen molar-refractivity contribution in [2.24, 2.45) is 0 Å². The Morgan fingerprint density at radius 3 is 2.27 bits per heavy atom. The maximum absolute atomic E-state index is 13.2. The van der Waals surface area contributed by atoms with Gasteiger partial charge in [-0.2, -0.15) is 0 Å². The number of rotatable bonds is 8. The maximum atomic E-state index is 13.2. The van der Waals surface area contributed by atoms with Gasteiger partial charge in [-0.1, -0.05) is 44.2 Å². The molecule has 0 bridgehead atoms. The summed E-state index contributed by atoms with van der Waals surface area (Å²) in [6.07, 6.45) is 1.65. The molecule has 1 aliphatic rings. The SMILES string of the molecule is CCN(C)C(C(=O)N1CCC(N(CC)CC(=O)O)CC1)c1ccccc1. The van der Waals surface area contributed by atoms with Gasteiger partial charge in [-0.3, -0.25) is 19.4 Å². The van der Waals surface area contributed by atoms with Crippen molar-refractivity contribution in [3.8, 4) is 0 Å². The molecule has 1 fully saturated rings. The Morgan fingerprint density at radius 1 is 1.15 bits per heavy atom. The summed E-state index contributed by atoms with van der Waals surface area (Å²) in [5.41, 5.74) is 1.02. The minimum atomic E-state index is -0.793. The largest absolute Gasteiger partial charge is 0.480 e. The van der Waals surface area contributed by atoms with Crippen LogP contribution < -0.4 is 0 Å². The highest BCUT2D eigenvalue weighted by atomic mass is 16.4. The van der Waals surface area contributed by atoms with Crippen molar-refractivity contribution in [2.75, 3.05) is 39.8 Å². The van der Waals surface area contributed by atoms with Crippen molar-refractivity contribution in [1.82, 2.24) is 14.7 Å². The Balaban J connectivity index is 2.04. The molecule has 144 valence electrons. The Labute approximate surface area is 156 Å². The lowest BCUT2D eigenvalue weighted by Crippen LogP contribution is -2.50. The van der Waals surface area contributed by atoms with Gasteiger partial charge >= 0.3 is 5.97 Å². The number of carboxylic acids is 1. The molecule has 1 unspecified atom stereocenters. The number of carbonyl (C=O) groups excluding carboxylic acids is 1. The summed E-state index contributed by atoms with van der Waals surface area (Å²) in [4.78, 5) is 30.2. The van der Waals surface area contributed by atoms with Crippen LogP contribution in [0.2, 0.25) is 0 Å². The summed E-state index contributed by atoms with van der Waals surface area (Å²) in [6, 6.07) is 9.88. The van der Waals surface area contributed by atoms with E-state index in [1.807, 2.05) is 54.1 Å². The molecule has 1 saturated heterocycles. The van der Waals surface area contributed by atoms with Gasteiger partial charge in [0.2, 0.25) is 5.91 Å². The second-order valence-corrected chi connectivity index (χ2v) is 6.90. The number of likely N-dealkylation sites (N-methyl/N-ethyl adjacent to an activating group) is 2. The quantitative estimate of drug-likeness (QED) is 0.768. The van der Waals surface area contributed by atoms with Gasteiger partial charge in [-0.05, 0) is 38.5 Å². The van der Waals surface area contributed by atoms with Crippen molar-refractivity contribution >= 4 is 11.9 Å². The number of benzene rings is 1. The van der Waals surface area contributed by atoms with Crippen LogP contribution in [0.1, 0.15) is 38.3 Å². The molecule has 6 nitrogen and oxygen atoms in total. The number of carboxylic acid groups (broad SMARTS) is 1. The molecule has 0 aromatic heterocycles. The zero-order valence-electron chi connectivity index (χ0n) is 16.1. The molecule has 1 heterocycles. The van der Waals surface area contributed by atoms with Gasteiger partial charge in [0.15, 0.2) is 0 Å². The Kier molecular flexibility index (Phi) is 7.60. The summed E-state index contributed by atoms with van der Waals surface area (Å²) >= 11 is 0. The molecule has 0 radical (unpaired) electrons. The number of aliphatic carboxylic acids is 1. The molecule has 1 aromatic carbocycles. The Morgan fingerprint density at radius 2 is 1.77 bits per heavy atom. The number of piperidine rings is 1. The summed E-state index contributed by atoms with van der Waals surface area (Å²) in [5, 5.41) is 9.06. The van der Waals surface area contributed by atoms with Gasteiger partial charge in [0.05, 0.1) is 6.54 Å². The fraction of sp³-hybridized carbons (Fsp3) is 0.600. The lowest BCUT2D eigenvalue weighted by atomic mass is 9.99. The molecular weight excluding hydrogens is 330 g/mol. The predicted octanol–water partition coefficient (Wildman–Crippen LogP) is 2.08. The van der Waals surface area contributed by atoms with Gasteiger partial charge in [0.25, 0.3) is 0 Å². The average molecular weight is 361 g/mol. The normalized spacial score (nSPS) is 16.9. The Bertz CT molecular complexity index is 585. The highest BCUT2D eigenvalue weighted by Gasteiger charge is 2.32. The molecule has 0 aliphatic carbocycles. The van der Waals surface area contributed by atoms with Gasteiger partial charge in [-0.15, -0.1) is 0 Å². The molecular formula is C20H31N3O3. The first-order chi connectivity index (χ1) is 12.5. The van der Waals surface area contributed by atoms with Crippen LogP contribution in [0, 0.1) is 0 Å². The smallest absolute Gasteiger partial charge is 0.317 e. The second-order valence-electron chi connectivity index (χ2n) is 6.90. The minimum Gasteiger partial charge on any atom is -0.480 e. The van der Waals surface area contributed by atoms with E-state index in [1.165, 1.54) is 0 Å². The monoisotopic (exact) mass is 361 g/mol. The van der Waals surface area contributed by atoms with E-state index in [2.05, 4.69) is 11.8 Å². The molecule has 6 heteroatoms. The molecule has 1 N–H and O–H groups in total.